The molecule has 166 valence electrons. The fourth-order valence-electron chi connectivity index (χ4n) is 2.88. The molecular formula is C22H21N3O7. The van der Waals surface area contributed by atoms with Crippen molar-refractivity contribution >= 4 is 35.6 Å². The standard InChI is InChI=1S/C22H21N3O7/c1-30-18-10-6-4-8-15(18)23-19(26)12-25-21(28)16(24-22(25)29)11-14-7-3-5-9-17(14)32-13-20(27)31-2/h3-11H,12-13H2,1-2H3,(H,23,26)(H,24,29)/b16-11+. The Kier molecular flexibility index (Phi) is 7.06. The van der Waals surface area contributed by atoms with Crippen molar-refractivity contribution in [2.75, 3.05) is 32.7 Å². The van der Waals surface area contributed by atoms with Crippen molar-refractivity contribution < 1.29 is 33.4 Å². The van der Waals surface area contributed by atoms with Crippen molar-refractivity contribution in [1.29, 1.82) is 0 Å². The largest absolute Gasteiger partial charge is 0.495 e. The van der Waals surface area contributed by atoms with Gasteiger partial charge in [0, 0.05) is 5.56 Å². The van der Waals surface area contributed by atoms with Crippen molar-refractivity contribution in [2.24, 2.45) is 0 Å². The number of hydrogen-bond donors (Lipinski definition) is 2. The summed E-state index contributed by atoms with van der Waals surface area (Å²) < 4.78 is 15.1. The molecule has 0 spiro atoms. The lowest BCUT2D eigenvalue weighted by molar-refractivity contribution is -0.142. The maximum atomic E-state index is 12.7. The Hall–Kier alpha value is -4.34. The number of hydrogen-bond acceptors (Lipinski definition) is 7. The zero-order valence-corrected chi connectivity index (χ0v) is 17.4. The van der Waals surface area contributed by atoms with Crippen LogP contribution in [0.3, 0.4) is 0 Å². The molecule has 2 aromatic rings. The zero-order valence-electron chi connectivity index (χ0n) is 17.4. The van der Waals surface area contributed by atoms with E-state index in [1.807, 2.05) is 0 Å². The summed E-state index contributed by atoms with van der Waals surface area (Å²) in [5.74, 6) is -1.04. The summed E-state index contributed by atoms with van der Waals surface area (Å²) in [6, 6.07) is 12.7. The number of esters is 1. The van der Waals surface area contributed by atoms with Gasteiger partial charge in [0.05, 0.1) is 19.9 Å². The summed E-state index contributed by atoms with van der Waals surface area (Å²) in [5.41, 5.74) is 0.842. The molecule has 3 rings (SSSR count). The van der Waals surface area contributed by atoms with Gasteiger partial charge in [0.15, 0.2) is 6.61 Å². The van der Waals surface area contributed by atoms with Crippen LogP contribution < -0.4 is 20.1 Å². The molecule has 0 saturated carbocycles. The van der Waals surface area contributed by atoms with E-state index in [0.29, 0.717) is 22.7 Å². The number of imide groups is 1. The molecule has 0 aromatic heterocycles. The number of nitrogens with one attached hydrogen (secondary N) is 2. The van der Waals surface area contributed by atoms with E-state index >= 15 is 0 Å². The van der Waals surface area contributed by atoms with Gasteiger partial charge in [-0.2, -0.15) is 0 Å². The van der Waals surface area contributed by atoms with Crippen LogP contribution in [0, 0.1) is 0 Å². The average Bonchev–Trinajstić information content (AvgIpc) is 3.05. The summed E-state index contributed by atoms with van der Waals surface area (Å²) in [4.78, 5) is 49.5. The summed E-state index contributed by atoms with van der Waals surface area (Å²) in [6.07, 6.45) is 1.41. The van der Waals surface area contributed by atoms with E-state index in [1.54, 1.807) is 48.5 Å². The lowest BCUT2D eigenvalue weighted by atomic mass is 10.1. The number of methoxy groups -OCH3 is 2. The highest BCUT2D eigenvalue weighted by Crippen LogP contribution is 2.24. The second-order valence-corrected chi connectivity index (χ2v) is 6.53. The SMILES string of the molecule is COC(=O)COc1ccccc1/C=C1/NC(=O)N(CC(=O)Nc2ccccc2OC)C1=O. The Labute approximate surface area is 183 Å². The van der Waals surface area contributed by atoms with E-state index < -0.39 is 30.4 Å². The Morgan fingerprint density at radius 2 is 1.72 bits per heavy atom. The minimum atomic E-state index is -0.732. The number of carbonyl (C=O) groups is 4. The maximum absolute atomic E-state index is 12.7. The molecule has 0 unspecified atom stereocenters. The van der Waals surface area contributed by atoms with E-state index in [2.05, 4.69) is 15.4 Å². The molecule has 0 radical (unpaired) electrons. The number of ether oxygens (including phenoxy) is 3. The fraction of sp³-hybridized carbons (Fsp3) is 0.182. The third kappa shape index (κ3) is 5.22. The molecule has 2 N–H and O–H groups in total. The van der Waals surface area contributed by atoms with Gasteiger partial charge in [-0.15, -0.1) is 0 Å². The topological polar surface area (TPSA) is 123 Å². The van der Waals surface area contributed by atoms with E-state index in [9.17, 15) is 19.2 Å². The van der Waals surface area contributed by atoms with Crippen LogP contribution in [-0.2, 0) is 19.1 Å². The first kappa shape index (κ1) is 22.3. The molecule has 0 bridgehead atoms. The van der Waals surface area contributed by atoms with Crippen molar-refractivity contribution in [3.05, 3.63) is 59.8 Å². The molecule has 1 aliphatic rings. The van der Waals surface area contributed by atoms with Crippen LogP contribution >= 0.6 is 0 Å². The number of nitrogens with zero attached hydrogens (tertiary/aromatic N) is 1. The molecule has 32 heavy (non-hydrogen) atoms. The normalized spacial score (nSPS) is 14.2. The van der Waals surface area contributed by atoms with Crippen molar-refractivity contribution in [1.82, 2.24) is 10.2 Å². The lowest BCUT2D eigenvalue weighted by Crippen LogP contribution is -2.38. The molecule has 4 amide bonds. The highest BCUT2D eigenvalue weighted by molar-refractivity contribution is 6.16. The monoisotopic (exact) mass is 439 g/mol. The van der Waals surface area contributed by atoms with Crippen LogP contribution in [0.15, 0.2) is 54.2 Å². The first-order valence-corrected chi connectivity index (χ1v) is 9.49. The molecule has 1 saturated heterocycles. The van der Waals surface area contributed by atoms with Gasteiger partial charge in [-0.1, -0.05) is 30.3 Å². The van der Waals surface area contributed by atoms with E-state index in [1.165, 1.54) is 20.3 Å². The predicted molar refractivity (Wildman–Crippen MR) is 114 cm³/mol. The summed E-state index contributed by atoms with van der Waals surface area (Å²) in [5, 5.41) is 5.06. The van der Waals surface area contributed by atoms with Gasteiger partial charge in [0.1, 0.15) is 23.7 Å². The first-order chi connectivity index (χ1) is 15.4. The van der Waals surface area contributed by atoms with Crippen molar-refractivity contribution in [3.8, 4) is 11.5 Å². The zero-order chi connectivity index (χ0) is 23.1. The number of para-hydroxylation sites is 3. The Balaban J connectivity index is 1.71. The number of carbonyl (C=O) groups excluding carboxylic acids is 4. The molecule has 1 heterocycles. The molecular weight excluding hydrogens is 418 g/mol. The van der Waals surface area contributed by atoms with Gasteiger partial charge in [0.2, 0.25) is 5.91 Å². The molecule has 10 nitrogen and oxygen atoms in total. The van der Waals surface area contributed by atoms with Gasteiger partial charge in [0.25, 0.3) is 5.91 Å². The highest BCUT2D eigenvalue weighted by atomic mass is 16.6. The molecule has 1 aliphatic heterocycles. The van der Waals surface area contributed by atoms with Gasteiger partial charge in [-0.25, -0.2) is 14.5 Å². The maximum Gasteiger partial charge on any atom is 0.343 e. The van der Waals surface area contributed by atoms with Gasteiger partial charge >= 0.3 is 12.0 Å². The van der Waals surface area contributed by atoms with Gasteiger partial charge < -0.3 is 24.8 Å². The summed E-state index contributed by atoms with van der Waals surface area (Å²) in [7, 11) is 2.71. The van der Waals surface area contributed by atoms with Crippen molar-refractivity contribution in [3.63, 3.8) is 0 Å². The van der Waals surface area contributed by atoms with Crippen LogP contribution in [-0.4, -0.2) is 56.1 Å². The van der Waals surface area contributed by atoms with Gasteiger partial charge in [-0.05, 0) is 24.3 Å². The lowest BCUT2D eigenvalue weighted by Gasteiger charge is -2.13. The van der Waals surface area contributed by atoms with Crippen LogP contribution in [0.4, 0.5) is 10.5 Å². The number of benzene rings is 2. The van der Waals surface area contributed by atoms with Gasteiger partial charge in [-0.3, -0.25) is 9.59 Å². The van der Waals surface area contributed by atoms with Crippen LogP contribution in [0.1, 0.15) is 5.56 Å². The highest BCUT2D eigenvalue weighted by Gasteiger charge is 2.35. The van der Waals surface area contributed by atoms with E-state index in [-0.39, 0.29) is 12.3 Å². The molecule has 10 heteroatoms. The molecule has 0 atom stereocenters. The number of rotatable bonds is 8. The Morgan fingerprint density at radius 1 is 1.03 bits per heavy atom. The van der Waals surface area contributed by atoms with Crippen LogP contribution in [0.25, 0.3) is 6.08 Å². The number of anilines is 1. The predicted octanol–water partition coefficient (Wildman–Crippen LogP) is 1.78. The third-order valence-corrected chi connectivity index (χ3v) is 4.44. The summed E-state index contributed by atoms with van der Waals surface area (Å²) in [6.45, 7) is -0.799. The van der Waals surface area contributed by atoms with Crippen LogP contribution in [0.2, 0.25) is 0 Å². The average molecular weight is 439 g/mol. The minimum Gasteiger partial charge on any atom is -0.495 e. The second kappa shape index (κ2) is 10.1. The van der Waals surface area contributed by atoms with Crippen LogP contribution in [0.5, 0.6) is 11.5 Å². The molecule has 0 aliphatic carbocycles. The third-order valence-electron chi connectivity index (χ3n) is 4.44. The smallest absolute Gasteiger partial charge is 0.343 e. The fourth-order valence-corrected chi connectivity index (χ4v) is 2.88. The Morgan fingerprint density at radius 3 is 2.44 bits per heavy atom. The number of amides is 4. The second-order valence-electron chi connectivity index (χ2n) is 6.53. The molecule has 1 fully saturated rings. The summed E-state index contributed by atoms with van der Waals surface area (Å²) >= 11 is 0. The van der Waals surface area contributed by atoms with E-state index in [0.717, 1.165) is 4.90 Å². The van der Waals surface area contributed by atoms with E-state index in [4.69, 9.17) is 9.47 Å². The van der Waals surface area contributed by atoms with Crippen molar-refractivity contribution in [2.45, 2.75) is 0 Å². The quantitative estimate of drug-likeness (QED) is 0.365. The Bertz CT molecular complexity index is 1080. The first-order valence-electron chi connectivity index (χ1n) is 9.49. The molecule has 2 aromatic carbocycles. The number of urea groups is 1. The minimum absolute atomic E-state index is 0.0331.